The molecule has 0 rings (SSSR count). The number of rotatable bonds is 5. The van der Waals surface area contributed by atoms with Crippen LogP contribution in [0.15, 0.2) is 0 Å². The van der Waals surface area contributed by atoms with Crippen molar-refractivity contribution in [3.05, 3.63) is 0 Å². The van der Waals surface area contributed by atoms with E-state index in [0.29, 0.717) is 6.61 Å². The Balaban J connectivity index is 3.37. The summed E-state index contributed by atoms with van der Waals surface area (Å²) in [6.45, 7) is 3.88. The SMILES string of the molecule is CCOC(C)OS(=O)OCl. The lowest BCUT2D eigenvalue weighted by atomic mass is 10.7. The van der Waals surface area contributed by atoms with Crippen molar-refractivity contribution in [2.24, 2.45) is 0 Å². The van der Waals surface area contributed by atoms with Gasteiger partial charge in [-0.1, -0.05) is 0 Å². The number of hydrogen-bond acceptors (Lipinski definition) is 4. The highest BCUT2D eigenvalue weighted by atomic mass is 35.5. The normalized spacial score (nSPS) is 16.7. The third kappa shape index (κ3) is 5.13. The van der Waals surface area contributed by atoms with Gasteiger partial charge in [0.15, 0.2) is 6.29 Å². The molecule has 0 amide bonds. The molecule has 0 aromatic rings. The summed E-state index contributed by atoms with van der Waals surface area (Å²) in [7, 11) is 0. The second-order valence-corrected chi connectivity index (χ2v) is 2.49. The van der Waals surface area contributed by atoms with Crippen molar-refractivity contribution < 1.29 is 16.9 Å². The van der Waals surface area contributed by atoms with Crippen molar-refractivity contribution in [1.29, 1.82) is 0 Å². The lowest BCUT2D eigenvalue weighted by molar-refractivity contribution is -0.0572. The molecule has 0 saturated carbocycles. The summed E-state index contributed by atoms with van der Waals surface area (Å²) in [5.41, 5.74) is 0. The molecular formula is C4H9ClO4S. The summed E-state index contributed by atoms with van der Waals surface area (Å²) in [5, 5.41) is 0. The molecule has 0 aromatic carbocycles. The minimum atomic E-state index is -1.92. The quantitative estimate of drug-likeness (QED) is 0.607. The third-order valence-corrected chi connectivity index (χ3v) is 1.51. The fourth-order valence-corrected chi connectivity index (χ4v) is 0.784. The summed E-state index contributed by atoms with van der Waals surface area (Å²) in [6.07, 6.45) is -0.565. The largest absolute Gasteiger partial charge is 0.352 e. The van der Waals surface area contributed by atoms with Gasteiger partial charge in [-0.15, -0.1) is 0 Å². The first-order chi connectivity index (χ1) is 4.70. The molecule has 0 fully saturated rings. The van der Waals surface area contributed by atoms with E-state index in [1.165, 1.54) is 0 Å². The first-order valence-electron chi connectivity index (χ1n) is 2.70. The molecule has 10 heavy (non-hydrogen) atoms. The molecule has 0 radical (unpaired) electrons. The zero-order chi connectivity index (χ0) is 7.98. The van der Waals surface area contributed by atoms with E-state index in [9.17, 15) is 4.21 Å². The van der Waals surface area contributed by atoms with Crippen LogP contribution < -0.4 is 0 Å². The van der Waals surface area contributed by atoms with E-state index in [1.807, 2.05) is 0 Å². The Morgan fingerprint density at radius 3 is 2.70 bits per heavy atom. The van der Waals surface area contributed by atoms with Gasteiger partial charge in [-0.2, -0.15) is 7.94 Å². The number of hydrogen-bond donors (Lipinski definition) is 0. The standard InChI is InChI=1S/C4H9ClO4S/c1-3-7-4(2)8-10(6)9-5/h4H,3H2,1-2H3. The summed E-state index contributed by atoms with van der Waals surface area (Å²) >= 11 is 2.80. The molecule has 62 valence electrons. The molecule has 0 heterocycles. The van der Waals surface area contributed by atoms with Gasteiger partial charge in [0.25, 0.3) is 0 Å². The molecule has 0 aromatic heterocycles. The Morgan fingerprint density at radius 2 is 2.30 bits per heavy atom. The van der Waals surface area contributed by atoms with E-state index in [1.54, 1.807) is 13.8 Å². The predicted octanol–water partition coefficient (Wildman–Crippen LogP) is 1.13. The van der Waals surface area contributed by atoms with Gasteiger partial charge in [-0.05, 0) is 13.8 Å². The highest BCUT2D eigenvalue weighted by Crippen LogP contribution is 1.99. The van der Waals surface area contributed by atoms with Gasteiger partial charge in [-0.3, -0.25) is 0 Å². The molecule has 0 N–H and O–H groups in total. The van der Waals surface area contributed by atoms with Gasteiger partial charge >= 0.3 is 11.4 Å². The molecule has 0 saturated heterocycles. The lowest BCUT2D eigenvalue weighted by Gasteiger charge is -2.08. The van der Waals surface area contributed by atoms with Crippen LogP contribution in [0.1, 0.15) is 13.8 Å². The smallest absolute Gasteiger partial charge is 0.324 e. The average molecular weight is 189 g/mol. The Hall–Kier alpha value is 0.320. The van der Waals surface area contributed by atoms with Crippen molar-refractivity contribution in [2.75, 3.05) is 6.61 Å². The van der Waals surface area contributed by atoms with E-state index in [-0.39, 0.29) is 0 Å². The summed E-state index contributed by atoms with van der Waals surface area (Å²) in [6, 6.07) is 0. The van der Waals surface area contributed by atoms with Gasteiger partial charge < -0.3 is 4.74 Å². The minimum Gasteiger partial charge on any atom is -0.352 e. The highest BCUT2D eigenvalue weighted by molar-refractivity contribution is 7.75. The van der Waals surface area contributed by atoms with E-state index in [0.717, 1.165) is 0 Å². The summed E-state index contributed by atoms with van der Waals surface area (Å²) in [4.78, 5) is 0. The maximum absolute atomic E-state index is 10.4. The van der Waals surface area contributed by atoms with E-state index >= 15 is 0 Å². The van der Waals surface area contributed by atoms with Crippen molar-refractivity contribution >= 4 is 23.2 Å². The minimum absolute atomic E-state index is 0.487. The van der Waals surface area contributed by atoms with Crippen LogP contribution in [0, 0.1) is 0 Å². The van der Waals surface area contributed by atoms with Gasteiger partial charge in [0.05, 0.1) is 11.9 Å². The van der Waals surface area contributed by atoms with Crippen LogP contribution in [-0.2, 0) is 24.0 Å². The predicted molar refractivity (Wildman–Crippen MR) is 37.3 cm³/mol. The zero-order valence-corrected chi connectivity index (χ0v) is 7.28. The molecular weight excluding hydrogens is 180 g/mol. The van der Waals surface area contributed by atoms with Crippen molar-refractivity contribution in [2.45, 2.75) is 20.1 Å². The molecule has 2 unspecified atom stereocenters. The fraction of sp³-hybridized carbons (Fsp3) is 1.00. The fourth-order valence-electron chi connectivity index (χ4n) is 0.388. The van der Waals surface area contributed by atoms with Gasteiger partial charge in [-0.25, -0.2) is 4.18 Å². The topological polar surface area (TPSA) is 44.8 Å². The lowest BCUT2D eigenvalue weighted by Crippen LogP contribution is -2.14. The van der Waals surface area contributed by atoms with Crippen LogP contribution in [-0.4, -0.2) is 17.1 Å². The summed E-state index contributed by atoms with van der Waals surface area (Å²) in [5.74, 6) is 0. The van der Waals surface area contributed by atoms with E-state index in [2.05, 4.69) is 7.92 Å². The van der Waals surface area contributed by atoms with Crippen LogP contribution in [0.2, 0.25) is 0 Å². The monoisotopic (exact) mass is 188 g/mol. The molecule has 4 nitrogen and oxygen atoms in total. The molecule has 6 heteroatoms. The van der Waals surface area contributed by atoms with Crippen molar-refractivity contribution in [3.63, 3.8) is 0 Å². The van der Waals surface area contributed by atoms with Crippen LogP contribution in [0.4, 0.5) is 0 Å². The molecule has 0 aliphatic rings. The van der Waals surface area contributed by atoms with Crippen LogP contribution >= 0.6 is 11.9 Å². The van der Waals surface area contributed by atoms with Gasteiger partial charge in [0.2, 0.25) is 0 Å². The Labute approximate surface area is 67.4 Å². The van der Waals surface area contributed by atoms with E-state index < -0.39 is 17.7 Å². The van der Waals surface area contributed by atoms with E-state index in [4.69, 9.17) is 16.6 Å². The average Bonchev–Trinajstić information content (AvgIpc) is 1.88. The molecule has 0 bridgehead atoms. The van der Waals surface area contributed by atoms with Crippen LogP contribution in [0.3, 0.4) is 0 Å². The maximum atomic E-state index is 10.4. The van der Waals surface area contributed by atoms with Gasteiger partial charge in [0, 0.05) is 6.61 Å². The number of halogens is 1. The zero-order valence-electron chi connectivity index (χ0n) is 5.70. The Kier molecular flexibility index (Phi) is 6.25. The van der Waals surface area contributed by atoms with Crippen LogP contribution in [0.25, 0.3) is 0 Å². The molecule has 0 spiro atoms. The maximum Gasteiger partial charge on any atom is 0.324 e. The first-order valence-corrected chi connectivity index (χ1v) is 4.01. The first kappa shape index (κ1) is 10.3. The molecule has 2 atom stereocenters. The Morgan fingerprint density at radius 1 is 1.70 bits per heavy atom. The van der Waals surface area contributed by atoms with Crippen molar-refractivity contribution in [3.8, 4) is 0 Å². The Bertz CT molecular complexity index is 109. The highest BCUT2D eigenvalue weighted by Gasteiger charge is 2.06. The third-order valence-electron chi connectivity index (χ3n) is 0.667. The number of ether oxygens (including phenoxy) is 1. The molecule has 0 aliphatic carbocycles. The van der Waals surface area contributed by atoms with Gasteiger partial charge in [0.1, 0.15) is 0 Å². The summed E-state index contributed by atoms with van der Waals surface area (Å²) < 4.78 is 23.6. The second-order valence-electron chi connectivity index (χ2n) is 1.39. The molecule has 0 aliphatic heterocycles. The van der Waals surface area contributed by atoms with Crippen molar-refractivity contribution in [1.82, 2.24) is 0 Å². The second kappa shape index (κ2) is 6.06. The van der Waals surface area contributed by atoms with Crippen LogP contribution in [0.5, 0.6) is 0 Å².